The van der Waals surface area contributed by atoms with Crippen LogP contribution in [-0.4, -0.2) is 21.5 Å². The van der Waals surface area contributed by atoms with Crippen LogP contribution in [0.5, 0.6) is 0 Å². The normalized spacial score (nSPS) is 19.0. The summed E-state index contributed by atoms with van der Waals surface area (Å²) in [6, 6.07) is 15.3. The van der Waals surface area contributed by atoms with Crippen molar-refractivity contribution in [2.45, 2.75) is 18.5 Å². The molecule has 4 rings (SSSR count). The summed E-state index contributed by atoms with van der Waals surface area (Å²) < 4.78 is 1.89. The molecule has 3 N–H and O–H groups in total. The van der Waals surface area contributed by atoms with E-state index in [2.05, 4.69) is 16.4 Å². The molecule has 1 aliphatic carbocycles. The number of nitrogens with one attached hydrogen (secondary N) is 1. The van der Waals surface area contributed by atoms with E-state index >= 15 is 0 Å². The molecule has 0 bridgehead atoms. The number of imidazole rings is 1. The van der Waals surface area contributed by atoms with Crippen LogP contribution in [0.2, 0.25) is 0 Å². The molecule has 5 heteroatoms. The largest absolute Gasteiger partial charge is 0.347 e. The van der Waals surface area contributed by atoms with Crippen molar-refractivity contribution in [1.82, 2.24) is 14.9 Å². The van der Waals surface area contributed by atoms with Crippen molar-refractivity contribution >= 4 is 5.91 Å². The van der Waals surface area contributed by atoms with Crippen molar-refractivity contribution < 1.29 is 4.79 Å². The first-order chi connectivity index (χ1) is 11.7. The Morgan fingerprint density at radius 2 is 1.96 bits per heavy atom. The van der Waals surface area contributed by atoms with E-state index in [4.69, 9.17) is 5.73 Å². The van der Waals surface area contributed by atoms with Gasteiger partial charge in [0, 0.05) is 23.6 Å². The first-order valence-corrected chi connectivity index (χ1v) is 7.95. The lowest BCUT2D eigenvalue weighted by atomic mass is 10.1. The topological polar surface area (TPSA) is 72.9 Å². The van der Waals surface area contributed by atoms with E-state index in [1.54, 1.807) is 12.5 Å². The van der Waals surface area contributed by atoms with Gasteiger partial charge in [0.15, 0.2) is 0 Å². The Kier molecular flexibility index (Phi) is 3.63. The van der Waals surface area contributed by atoms with Gasteiger partial charge in [0.25, 0.3) is 5.91 Å². The van der Waals surface area contributed by atoms with Crippen LogP contribution in [0, 0.1) is 0 Å². The minimum absolute atomic E-state index is 0.0665. The Bertz CT molecular complexity index is 855. The molecule has 0 unspecified atom stereocenters. The number of amides is 1. The number of nitrogens with two attached hydrogens (primary N) is 1. The molecule has 3 aromatic rings. The van der Waals surface area contributed by atoms with Crippen molar-refractivity contribution in [3.05, 3.63) is 83.9 Å². The predicted octanol–water partition coefficient (Wildman–Crippen LogP) is 2.23. The second-order valence-electron chi connectivity index (χ2n) is 6.03. The molecule has 0 saturated heterocycles. The summed E-state index contributed by atoms with van der Waals surface area (Å²) in [7, 11) is 0. The number of fused-ring (bicyclic) bond motifs is 1. The molecule has 24 heavy (non-hydrogen) atoms. The lowest BCUT2D eigenvalue weighted by Crippen LogP contribution is -2.40. The van der Waals surface area contributed by atoms with Gasteiger partial charge >= 0.3 is 0 Å². The third-order valence-corrected chi connectivity index (χ3v) is 4.54. The fraction of sp³-hybridized carbons (Fsp3) is 0.158. The van der Waals surface area contributed by atoms with Gasteiger partial charge in [-0.25, -0.2) is 4.98 Å². The SMILES string of the molecule is N[C@H]1c2ccccc2C[C@@H]1NC(=O)c1ccc(-n2ccnc2)cc1. The van der Waals surface area contributed by atoms with Gasteiger partial charge in [-0.2, -0.15) is 0 Å². The Morgan fingerprint density at radius 3 is 2.67 bits per heavy atom. The van der Waals surface area contributed by atoms with E-state index in [1.165, 1.54) is 5.56 Å². The van der Waals surface area contributed by atoms with Gasteiger partial charge < -0.3 is 15.6 Å². The lowest BCUT2D eigenvalue weighted by molar-refractivity contribution is 0.0933. The minimum Gasteiger partial charge on any atom is -0.347 e. The number of aromatic nitrogens is 2. The van der Waals surface area contributed by atoms with Crippen molar-refractivity contribution in [3.8, 4) is 5.69 Å². The maximum Gasteiger partial charge on any atom is 0.251 e. The molecule has 2 aromatic carbocycles. The zero-order chi connectivity index (χ0) is 16.5. The molecule has 0 saturated carbocycles. The van der Waals surface area contributed by atoms with Crippen LogP contribution < -0.4 is 11.1 Å². The number of rotatable bonds is 3. The Labute approximate surface area is 140 Å². The van der Waals surface area contributed by atoms with Gasteiger partial charge in [-0.1, -0.05) is 24.3 Å². The highest BCUT2D eigenvalue weighted by Crippen LogP contribution is 2.29. The maximum absolute atomic E-state index is 12.5. The van der Waals surface area contributed by atoms with Crippen LogP contribution in [0.1, 0.15) is 27.5 Å². The highest BCUT2D eigenvalue weighted by Gasteiger charge is 2.30. The molecule has 120 valence electrons. The Hall–Kier alpha value is -2.92. The number of carbonyl (C=O) groups excluding carboxylic acids is 1. The summed E-state index contributed by atoms with van der Waals surface area (Å²) in [5.74, 6) is -0.0968. The number of nitrogens with zero attached hydrogens (tertiary/aromatic N) is 2. The average molecular weight is 318 g/mol. The van der Waals surface area contributed by atoms with E-state index in [-0.39, 0.29) is 18.0 Å². The zero-order valence-electron chi connectivity index (χ0n) is 13.1. The highest BCUT2D eigenvalue weighted by atomic mass is 16.1. The van der Waals surface area contributed by atoms with E-state index in [0.717, 1.165) is 17.7 Å². The quantitative estimate of drug-likeness (QED) is 0.778. The molecule has 0 fully saturated rings. The van der Waals surface area contributed by atoms with Gasteiger partial charge in [-0.05, 0) is 41.8 Å². The number of hydrogen-bond acceptors (Lipinski definition) is 3. The average Bonchev–Trinajstić information content (AvgIpc) is 3.25. The van der Waals surface area contributed by atoms with Crippen molar-refractivity contribution in [1.29, 1.82) is 0 Å². The Morgan fingerprint density at radius 1 is 1.17 bits per heavy atom. The molecule has 0 spiro atoms. The first-order valence-electron chi connectivity index (χ1n) is 7.95. The standard InChI is InChI=1S/C19H18N4O/c20-18-16-4-2-1-3-14(16)11-17(18)22-19(24)13-5-7-15(8-6-13)23-10-9-21-12-23/h1-10,12,17-18H,11,20H2,(H,22,24)/t17-,18-/m0/s1. The number of carbonyl (C=O) groups is 1. The molecular weight excluding hydrogens is 300 g/mol. The van der Waals surface area contributed by atoms with E-state index in [0.29, 0.717) is 5.56 Å². The second-order valence-corrected chi connectivity index (χ2v) is 6.03. The van der Waals surface area contributed by atoms with Gasteiger partial charge in [0.2, 0.25) is 0 Å². The van der Waals surface area contributed by atoms with Crippen LogP contribution >= 0.6 is 0 Å². The van der Waals surface area contributed by atoms with Crippen LogP contribution in [0.25, 0.3) is 5.69 Å². The molecule has 1 aliphatic rings. The van der Waals surface area contributed by atoms with E-state index in [9.17, 15) is 4.79 Å². The fourth-order valence-corrected chi connectivity index (χ4v) is 3.22. The molecule has 1 heterocycles. The summed E-state index contributed by atoms with van der Waals surface area (Å²) in [5, 5.41) is 3.06. The van der Waals surface area contributed by atoms with Crippen LogP contribution in [0.3, 0.4) is 0 Å². The fourth-order valence-electron chi connectivity index (χ4n) is 3.22. The molecule has 0 radical (unpaired) electrons. The maximum atomic E-state index is 12.5. The van der Waals surface area contributed by atoms with E-state index in [1.807, 2.05) is 53.2 Å². The predicted molar refractivity (Wildman–Crippen MR) is 91.9 cm³/mol. The molecular formula is C19H18N4O. The second kappa shape index (κ2) is 5.94. The smallest absolute Gasteiger partial charge is 0.251 e. The van der Waals surface area contributed by atoms with E-state index < -0.39 is 0 Å². The zero-order valence-corrected chi connectivity index (χ0v) is 13.1. The van der Waals surface area contributed by atoms with Crippen molar-refractivity contribution in [3.63, 3.8) is 0 Å². The summed E-state index contributed by atoms with van der Waals surface area (Å²) in [5.41, 5.74) is 10.2. The third kappa shape index (κ3) is 2.59. The minimum atomic E-state index is -0.157. The molecule has 0 aliphatic heterocycles. The Balaban J connectivity index is 1.47. The summed E-state index contributed by atoms with van der Waals surface area (Å²) >= 11 is 0. The monoisotopic (exact) mass is 318 g/mol. The molecule has 1 aromatic heterocycles. The molecule has 2 atom stereocenters. The van der Waals surface area contributed by atoms with Crippen molar-refractivity contribution in [2.24, 2.45) is 5.73 Å². The van der Waals surface area contributed by atoms with Crippen LogP contribution in [-0.2, 0) is 6.42 Å². The summed E-state index contributed by atoms with van der Waals surface area (Å²) in [4.78, 5) is 16.5. The number of benzene rings is 2. The van der Waals surface area contributed by atoms with Gasteiger partial charge in [0.1, 0.15) is 0 Å². The van der Waals surface area contributed by atoms with Crippen LogP contribution in [0.15, 0.2) is 67.3 Å². The van der Waals surface area contributed by atoms with Gasteiger partial charge in [0.05, 0.1) is 18.4 Å². The summed E-state index contributed by atoms with van der Waals surface area (Å²) in [6.07, 6.45) is 6.09. The van der Waals surface area contributed by atoms with Gasteiger partial charge in [-0.3, -0.25) is 4.79 Å². The third-order valence-electron chi connectivity index (χ3n) is 4.54. The summed E-state index contributed by atoms with van der Waals surface area (Å²) in [6.45, 7) is 0. The molecule has 5 nitrogen and oxygen atoms in total. The highest BCUT2D eigenvalue weighted by molar-refractivity contribution is 5.94. The molecule has 1 amide bonds. The number of hydrogen-bond donors (Lipinski definition) is 2. The lowest BCUT2D eigenvalue weighted by Gasteiger charge is -2.18. The van der Waals surface area contributed by atoms with Crippen LogP contribution in [0.4, 0.5) is 0 Å². The first kappa shape index (κ1) is 14.7. The van der Waals surface area contributed by atoms with Gasteiger partial charge in [-0.15, -0.1) is 0 Å². The van der Waals surface area contributed by atoms with Crippen molar-refractivity contribution in [2.75, 3.05) is 0 Å².